The van der Waals surface area contributed by atoms with Crippen molar-refractivity contribution in [2.45, 2.75) is 33.4 Å². The Hall–Kier alpha value is -2.96. The van der Waals surface area contributed by atoms with Crippen LogP contribution in [-0.2, 0) is 17.9 Å². The van der Waals surface area contributed by atoms with Crippen LogP contribution in [0.25, 0.3) is 0 Å². The third-order valence-corrected chi connectivity index (χ3v) is 5.58. The van der Waals surface area contributed by atoms with Crippen molar-refractivity contribution in [3.05, 3.63) is 81.6 Å². The highest BCUT2D eigenvalue weighted by molar-refractivity contribution is 6.32. The summed E-state index contributed by atoms with van der Waals surface area (Å²) in [7, 11) is 1.51. The molecule has 180 valence electrons. The molecule has 0 bridgehead atoms. The molecule has 8 heteroatoms. The molecule has 1 amide bonds. The minimum atomic E-state index is -0.453. The van der Waals surface area contributed by atoms with Crippen LogP contribution in [0.2, 0.25) is 10.0 Å². The van der Waals surface area contributed by atoms with Crippen LogP contribution in [0.15, 0.2) is 54.6 Å². The van der Waals surface area contributed by atoms with E-state index in [2.05, 4.69) is 10.6 Å². The molecule has 0 spiro atoms. The molecule has 0 heterocycles. The van der Waals surface area contributed by atoms with Crippen LogP contribution in [-0.4, -0.2) is 13.0 Å². The van der Waals surface area contributed by atoms with Crippen LogP contribution in [0.1, 0.15) is 31.4 Å². The molecule has 0 fully saturated rings. The van der Waals surface area contributed by atoms with Crippen molar-refractivity contribution in [3.63, 3.8) is 0 Å². The molecule has 0 aliphatic rings. The van der Waals surface area contributed by atoms with Gasteiger partial charge in [0, 0.05) is 29.9 Å². The topological polar surface area (TPSA) is 59.6 Å². The van der Waals surface area contributed by atoms with Gasteiger partial charge in [-0.25, -0.2) is 4.39 Å². The molecule has 0 atom stereocenters. The summed E-state index contributed by atoms with van der Waals surface area (Å²) in [6.45, 7) is 4.37. The number of hydrogen-bond acceptors (Lipinski definition) is 4. The normalized spacial score (nSPS) is 10.8. The summed E-state index contributed by atoms with van der Waals surface area (Å²) >= 11 is 12.5. The van der Waals surface area contributed by atoms with E-state index in [-0.39, 0.29) is 29.0 Å². The second kappa shape index (κ2) is 12.0. The second-order valence-corrected chi connectivity index (χ2v) is 8.99. The molecular formula is C26H27Cl2FN2O3. The number of carbonyl (C=O) groups excluding carboxylic acids is 1. The molecule has 0 saturated heterocycles. The Morgan fingerprint density at radius 2 is 1.76 bits per heavy atom. The maximum absolute atomic E-state index is 14.1. The molecule has 3 aromatic rings. The zero-order chi connectivity index (χ0) is 24.7. The summed E-state index contributed by atoms with van der Waals surface area (Å²) in [5, 5.41) is 6.83. The van der Waals surface area contributed by atoms with Gasteiger partial charge in [-0.3, -0.25) is 4.79 Å². The van der Waals surface area contributed by atoms with Gasteiger partial charge in [-0.05, 0) is 53.9 Å². The van der Waals surface area contributed by atoms with Gasteiger partial charge < -0.3 is 20.1 Å². The lowest BCUT2D eigenvalue weighted by Crippen LogP contribution is -2.13. The number of anilines is 2. The zero-order valence-corrected chi connectivity index (χ0v) is 20.8. The summed E-state index contributed by atoms with van der Waals surface area (Å²) in [4.78, 5) is 12.0. The lowest BCUT2D eigenvalue weighted by molar-refractivity contribution is -0.116. The Morgan fingerprint density at radius 3 is 2.47 bits per heavy atom. The average molecular weight is 505 g/mol. The minimum Gasteiger partial charge on any atom is -0.493 e. The Labute approximate surface area is 209 Å². The number of halogens is 3. The number of nitrogens with one attached hydrogen (secondary N) is 2. The first-order chi connectivity index (χ1) is 16.3. The molecule has 0 aliphatic heterocycles. The molecule has 3 aromatic carbocycles. The summed E-state index contributed by atoms with van der Waals surface area (Å²) in [6, 6.07) is 15.5. The van der Waals surface area contributed by atoms with E-state index in [0.717, 1.165) is 16.9 Å². The minimum absolute atomic E-state index is 0.0177. The smallest absolute Gasteiger partial charge is 0.224 e. The molecule has 0 saturated carbocycles. The number of ether oxygens (including phenoxy) is 2. The van der Waals surface area contributed by atoms with Crippen molar-refractivity contribution in [2.24, 2.45) is 5.92 Å². The predicted octanol–water partition coefficient (Wildman–Crippen LogP) is 7.32. The average Bonchev–Trinajstić information content (AvgIpc) is 2.77. The van der Waals surface area contributed by atoms with E-state index >= 15 is 0 Å². The molecule has 2 N–H and O–H groups in total. The summed E-state index contributed by atoms with van der Waals surface area (Å²) < 4.78 is 25.3. The SMILES string of the molecule is COc1cc(CNc2cccc(NC(=O)CC(C)C)c2)cc(Cl)c1OCc1c(F)cccc1Cl. The number of rotatable bonds is 10. The van der Waals surface area contributed by atoms with Crippen molar-refractivity contribution in [3.8, 4) is 11.5 Å². The molecule has 5 nitrogen and oxygen atoms in total. The molecular weight excluding hydrogens is 478 g/mol. The summed E-state index contributed by atoms with van der Waals surface area (Å²) in [5.74, 6) is 0.548. The Bertz CT molecular complexity index is 1130. The van der Waals surface area contributed by atoms with Crippen molar-refractivity contribution < 1.29 is 18.7 Å². The van der Waals surface area contributed by atoms with Gasteiger partial charge in [0.1, 0.15) is 12.4 Å². The van der Waals surface area contributed by atoms with Crippen LogP contribution in [0.3, 0.4) is 0 Å². The van der Waals surface area contributed by atoms with Gasteiger partial charge in [0.2, 0.25) is 5.91 Å². The number of hydrogen-bond donors (Lipinski definition) is 2. The quantitative estimate of drug-likeness (QED) is 0.303. The fourth-order valence-corrected chi connectivity index (χ4v) is 3.83. The second-order valence-electron chi connectivity index (χ2n) is 8.18. The maximum atomic E-state index is 14.1. The Kier molecular flexibility index (Phi) is 9.02. The van der Waals surface area contributed by atoms with E-state index in [0.29, 0.717) is 29.5 Å². The highest BCUT2D eigenvalue weighted by atomic mass is 35.5. The van der Waals surface area contributed by atoms with Gasteiger partial charge in [-0.15, -0.1) is 0 Å². The van der Waals surface area contributed by atoms with Crippen molar-refractivity contribution in [1.29, 1.82) is 0 Å². The molecule has 0 aliphatic carbocycles. The van der Waals surface area contributed by atoms with E-state index in [1.165, 1.54) is 19.2 Å². The fraction of sp³-hybridized carbons (Fsp3) is 0.269. The maximum Gasteiger partial charge on any atom is 0.224 e. The first-order valence-electron chi connectivity index (χ1n) is 10.8. The van der Waals surface area contributed by atoms with E-state index in [9.17, 15) is 9.18 Å². The molecule has 3 rings (SSSR count). The molecule has 0 radical (unpaired) electrons. The molecule has 34 heavy (non-hydrogen) atoms. The van der Waals surface area contributed by atoms with Crippen LogP contribution in [0.5, 0.6) is 11.5 Å². The zero-order valence-electron chi connectivity index (χ0n) is 19.3. The fourth-order valence-electron chi connectivity index (χ4n) is 3.32. The first kappa shape index (κ1) is 25.7. The lowest BCUT2D eigenvalue weighted by atomic mass is 10.1. The van der Waals surface area contributed by atoms with E-state index in [1.54, 1.807) is 18.2 Å². The lowest BCUT2D eigenvalue weighted by Gasteiger charge is -2.16. The highest BCUT2D eigenvalue weighted by Crippen LogP contribution is 2.37. The first-order valence-corrected chi connectivity index (χ1v) is 11.6. The van der Waals surface area contributed by atoms with Gasteiger partial charge in [-0.2, -0.15) is 0 Å². The number of benzene rings is 3. The predicted molar refractivity (Wildman–Crippen MR) is 136 cm³/mol. The van der Waals surface area contributed by atoms with E-state index in [4.69, 9.17) is 32.7 Å². The van der Waals surface area contributed by atoms with Gasteiger partial charge >= 0.3 is 0 Å². The van der Waals surface area contributed by atoms with Crippen molar-refractivity contribution in [2.75, 3.05) is 17.7 Å². The van der Waals surface area contributed by atoms with E-state index in [1.807, 2.05) is 38.1 Å². The highest BCUT2D eigenvalue weighted by Gasteiger charge is 2.15. The van der Waals surface area contributed by atoms with Crippen molar-refractivity contribution >= 4 is 40.5 Å². The third-order valence-electron chi connectivity index (χ3n) is 4.95. The monoisotopic (exact) mass is 504 g/mol. The Morgan fingerprint density at radius 1 is 1.03 bits per heavy atom. The number of amides is 1. The van der Waals surface area contributed by atoms with Crippen LogP contribution >= 0.6 is 23.2 Å². The van der Waals surface area contributed by atoms with Crippen molar-refractivity contribution in [1.82, 2.24) is 0 Å². The summed E-state index contributed by atoms with van der Waals surface area (Å²) in [6.07, 6.45) is 0.466. The molecule has 0 aromatic heterocycles. The van der Waals surface area contributed by atoms with E-state index < -0.39 is 5.82 Å². The number of carbonyl (C=O) groups is 1. The summed E-state index contributed by atoms with van der Waals surface area (Å²) in [5.41, 5.74) is 2.66. The van der Waals surface area contributed by atoms with Gasteiger partial charge in [0.25, 0.3) is 0 Å². The Balaban J connectivity index is 1.68. The third kappa shape index (κ3) is 7.02. The number of methoxy groups -OCH3 is 1. The van der Waals surface area contributed by atoms with Gasteiger partial charge in [-0.1, -0.05) is 49.2 Å². The van der Waals surface area contributed by atoms with Crippen LogP contribution in [0, 0.1) is 11.7 Å². The molecule has 0 unspecified atom stereocenters. The largest absolute Gasteiger partial charge is 0.493 e. The van der Waals surface area contributed by atoms with Gasteiger partial charge in [0.15, 0.2) is 11.5 Å². The van der Waals surface area contributed by atoms with Gasteiger partial charge in [0.05, 0.1) is 17.2 Å². The van der Waals surface area contributed by atoms with Crippen LogP contribution in [0.4, 0.5) is 15.8 Å². The standard InChI is InChI=1S/C26H27Cl2FN2O3/c1-16(2)10-25(32)31-19-7-4-6-18(13-19)30-14-17-11-22(28)26(24(12-17)33-3)34-15-20-21(27)8-5-9-23(20)29/h4-9,11-13,16,30H,10,14-15H2,1-3H3,(H,31,32). The van der Waals surface area contributed by atoms with Crippen LogP contribution < -0.4 is 20.1 Å².